The molecule has 0 bridgehead atoms. The second-order valence-electron chi connectivity index (χ2n) is 2.77. The van der Waals surface area contributed by atoms with Crippen molar-refractivity contribution >= 4 is 5.69 Å². The number of nitrogens with one attached hydrogen (secondary N) is 1. The van der Waals surface area contributed by atoms with Crippen molar-refractivity contribution in [3.63, 3.8) is 0 Å². The van der Waals surface area contributed by atoms with Crippen molar-refractivity contribution in [3.05, 3.63) is 24.4 Å². The molecule has 2 rings (SSSR count). The van der Waals surface area contributed by atoms with E-state index in [0.717, 1.165) is 5.69 Å². The molecule has 0 spiro atoms. The highest BCUT2D eigenvalue weighted by Gasteiger charge is 2.06. The van der Waals surface area contributed by atoms with Crippen LogP contribution in [0.3, 0.4) is 0 Å². The van der Waals surface area contributed by atoms with Gasteiger partial charge in [0.1, 0.15) is 5.69 Å². The van der Waals surface area contributed by atoms with Crippen molar-refractivity contribution in [1.82, 2.24) is 15.2 Å². The largest absolute Gasteiger partial charge is 0.481 e. The Labute approximate surface area is 80.9 Å². The fourth-order valence-corrected chi connectivity index (χ4v) is 1.17. The Morgan fingerprint density at radius 2 is 2.29 bits per heavy atom. The number of hydrogen-bond donors (Lipinski definition) is 2. The van der Waals surface area contributed by atoms with Crippen molar-refractivity contribution < 1.29 is 4.74 Å². The maximum atomic E-state index is 5.69. The van der Waals surface area contributed by atoms with Crippen LogP contribution in [0.2, 0.25) is 0 Å². The number of anilines is 1. The minimum Gasteiger partial charge on any atom is -0.481 e. The number of pyridine rings is 1. The molecule has 0 atom stereocenters. The molecule has 5 heteroatoms. The van der Waals surface area contributed by atoms with Gasteiger partial charge in [0, 0.05) is 6.07 Å². The average Bonchev–Trinajstić information content (AvgIpc) is 2.65. The van der Waals surface area contributed by atoms with Crippen LogP contribution in [0.15, 0.2) is 24.4 Å². The van der Waals surface area contributed by atoms with E-state index < -0.39 is 0 Å². The van der Waals surface area contributed by atoms with Gasteiger partial charge in [-0.15, -0.1) is 0 Å². The number of ether oxygens (including phenoxy) is 1. The summed E-state index contributed by atoms with van der Waals surface area (Å²) in [4.78, 5) is 4.22. The van der Waals surface area contributed by atoms with E-state index in [0.29, 0.717) is 17.3 Å². The summed E-state index contributed by atoms with van der Waals surface area (Å²) >= 11 is 0. The van der Waals surface area contributed by atoms with Crippen LogP contribution in [0.5, 0.6) is 5.88 Å². The van der Waals surface area contributed by atoms with Gasteiger partial charge in [0.05, 0.1) is 24.7 Å². The van der Waals surface area contributed by atoms with Gasteiger partial charge in [0.15, 0.2) is 0 Å². The lowest BCUT2D eigenvalue weighted by Gasteiger charge is -2.01. The number of nitrogens with zero attached hydrogens (tertiary/aromatic N) is 2. The molecule has 0 saturated carbocycles. The molecule has 14 heavy (non-hydrogen) atoms. The molecular weight excluding hydrogens is 180 g/mol. The Kier molecular flexibility index (Phi) is 2.06. The number of aromatic amines is 1. The molecule has 0 saturated heterocycles. The van der Waals surface area contributed by atoms with E-state index in [9.17, 15) is 0 Å². The van der Waals surface area contributed by atoms with Crippen LogP contribution >= 0.6 is 0 Å². The number of H-pyrrole nitrogens is 1. The normalized spacial score (nSPS) is 10.1. The summed E-state index contributed by atoms with van der Waals surface area (Å²) in [5.41, 5.74) is 7.70. The van der Waals surface area contributed by atoms with E-state index in [1.165, 1.54) is 0 Å². The van der Waals surface area contributed by atoms with Gasteiger partial charge in [-0.05, 0) is 6.07 Å². The quantitative estimate of drug-likeness (QED) is 0.742. The summed E-state index contributed by atoms with van der Waals surface area (Å²) < 4.78 is 5.01. The molecule has 0 aliphatic rings. The third kappa shape index (κ3) is 1.39. The van der Waals surface area contributed by atoms with E-state index in [-0.39, 0.29) is 0 Å². The van der Waals surface area contributed by atoms with Crippen LogP contribution < -0.4 is 10.5 Å². The number of nitrogen functional groups attached to an aromatic ring is 1. The Bertz CT molecular complexity index is 438. The number of hydrogen-bond acceptors (Lipinski definition) is 4. The van der Waals surface area contributed by atoms with Gasteiger partial charge < -0.3 is 10.5 Å². The number of rotatable bonds is 2. The monoisotopic (exact) mass is 190 g/mol. The number of aromatic nitrogens is 3. The predicted octanol–water partition coefficient (Wildman–Crippen LogP) is 1.06. The van der Waals surface area contributed by atoms with Crippen molar-refractivity contribution in [3.8, 4) is 17.3 Å². The molecule has 3 N–H and O–H groups in total. The number of nitrogens with two attached hydrogens (primary N) is 1. The molecule has 0 aliphatic heterocycles. The first-order valence-corrected chi connectivity index (χ1v) is 4.11. The Morgan fingerprint density at radius 3 is 2.93 bits per heavy atom. The molecule has 0 fully saturated rings. The van der Waals surface area contributed by atoms with Gasteiger partial charge in [0.25, 0.3) is 0 Å². The summed E-state index contributed by atoms with van der Waals surface area (Å²) in [5.74, 6) is 0.552. The minimum absolute atomic E-state index is 0.552. The zero-order valence-corrected chi connectivity index (χ0v) is 7.69. The van der Waals surface area contributed by atoms with Crippen LogP contribution in [0.25, 0.3) is 11.4 Å². The highest BCUT2D eigenvalue weighted by molar-refractivity contribution is 5.68. The summed E-state index contributed by atoms with van der Waals surface area (Å²) in [7, 11) is 1.57. The standard InChI is InChI=1S/C9H10N4O/c1-14-8-4-2-3-7(12-8)9-6(10)5-11-13-9/h2-5H,10H2,1H3,(H,11,13). The van der Waals surface area contributed by atoms with E-state index in [1.807, 2.05) is 12.1 Å². The molecule has 0 aromatic carbocycles. The van der Waals surface area contributed by atoms with Gasteiger partial charge in [-0.3, -0.25) is 5.10 Å². The highest BCUT2D eigenvalue weighted by Crippen LogP contribution is 2.22. The van der Waals surface area contributed by atoms with E-state index >= 15 is 0 Å². The smallest absolute Gasteiger partial charge is 0.213 e. The molecule has 72 valence electrons. The molecule has 2 aromatic rings. The second-order valence-corrected chi connectivity index (χ2v) is 2.77. The van der Waals surface area contributed by atoms with Gasteiger partial charge in [0.2, 0.25) is 5.88 Å². The van der Waals surface area contributed by atoms with Gasteiger partial charge >= 0.3 is 0 Å². The van der Waals surface area contributed by atoms with E-state index in [4.69, 9.17) is 10.5 Å². The molecular formula is C9H10N4O. The fourth-order valence-electron chi connectivity index (χ4n) is 1.17. The average molecular weight is 190 g/mol. The summed E-state index contributed by atoms with van der Waals surface area (Å²) in [6, 6.07) is 5.46. The lowest BCUT2D eigenvalue weighted by Crippen LogP contribution is -1.92. The summed E-state index contributed by atoms with van der Waals surface area (Å²) in [5, 5.41) is 6.60. The Balaban J connectivity index is 2.47. The van der Waals surface area contributed by atoms with Gasteiger partial charge in [-0.2, -0.15) is 5.10 Å². The first kappa shape index (κ1) is 8.55. The predicted molar refractivity (Wildman–Crippen MR) is 52.8 cm³/mol. The maximum Gasteiger partial charge on any atom is 0.213 e. The first-order chi connectivity index (χ1) is 6.81. The molecule has 0 amide bonds. The topological polar surface area (TPSA) is 76.8 Å². The molecule has 0 aliphatic carbocycles. The lowest BCUT2D eigenvalue weighted by atomic mass is 10.2. The van der Waals surface area contributed by atoms with E-state index in [2.05, 4.69) is 15.2 Å². The minimum atomic E-state index is 0.552. The summed E-state index contributed by atoms with van der Waals surface area (Å²) in [6.45, 7) is 0. The van der Waals surface area contributed by atoms with Gasteiger partial charge in [-0.25, -0.2) is 4.98 Å². The van der Waals surface area contributed by atoms with Crippen LogP contribution in [0.1, 0.15) is 0 Å². The second kappa shape index (κ2) is 3.37. The SMILES string of the molecule is COc1cccc(-c2[nH]ncc2N)n1. The van der Waals surface area contributed by atoms with Crippen molar-refractivity contribution in [2.24, 2.45) is 0 Å². The lowest BCUT2D eigenvalue weighted by molar-refractivity contribution is 0.398. The van der Waals surface area contributed by atoms with Crippen LogP contribution in [0, 0.1) is 0 Å². The van der Waals surface area contributed by atoms with Gasteiger partial charge in [-0.1, -0.05) is 6.07 Å². The van der Waals surface area contributed by atoms with Crippen LogP contribution in [-0.2, 0) is 0 Å². The maximum absolute atomic E-state index is 5.69. The Hall–Kier alpha value is -2.04. The third-order valence-electron chi connectivity index (χ3n) is 1.86. The highest BCUT2D eigenvalue weighted by atomic mass is 16.5. The molecule has 0 radical (unpaired) electrons. The fraction of sp³-hybridized carbons (Fsp3) is 0.111. The molecule has 0 unspecified atom stereocenters. The third-order valence-corrected chi connectivity index (χ3v) is 1.86. The van der Waals surface area contributed by atoms with E-state index in [1.54, 1.807) is 19.4 Å². The number of methoxy groups -OCH3 is 1. The Morgan fingerprint density at radius 1 is 1.43 bits per heavy atom. The molecule has 2 heterocycles. The molecule has 2 aromatic heterocycles. The molecule has 5 nitrogen and oxygen atoms in total. The summed E-state index contributed by atoms with van der Waals surface area (Å²) in [6.07, 6.45) is 1.55. The van der Waals surface area contributed by atoms with Crippen molar-refractivity contribution in [2.45, 2.75) is 0 Å². The van der Waals surface area contributed by atoms with Crippen LogP contribution in [-0.4, -0.2) is 22.3 Å². The zero-order valence-electron chi connectivity index (χ0n) is 7.69. The van der Waals surface area contributed by atoms with Crippen LogP contribution in [0.4, 0.5) is 5.69 Å². The first-order valence-electron chi connectivity index (χ1n) is 4.11. The zero-order chi connectivity index (χ0) is 9.97. The van der Waals surface area contributed by atoms with Crippen molar-refractivity contribution in [1.29, 1.82) is 0 Å². The van der Waals surface area contributed by atoms with Crippen molar-refractivity contribution in [2.75, 3.05) is 12.8 Å².